The zero-order chi connectivity index (χ0) is 13.2. The van der Waals surface area contributed by atoms with E-state index in [1.54, 1.807) is 0 Å². The second-order valence-electron chi connectivity index (χ2n) is 6.68. The van der Waals surface area contributed by atoms with E-state index in [4.69, 9.17) is 4.74 Å². The normalized spacial score (nSPS) is 36.2. The third kappa shape index (κ3) is 2.87. The number of ether oxygens (including phenoxy) is 1. The fourth-order valence-corrected chi connectivity index (χ4v) is 3.78. The van der Waals surface area contributed by atoms with E-state index in [0.717, 1.165) is 6.04 Å². The van der Waals surface area contributed by atoms with Gasteiger partial charge in [-0.3, -0.25) is 4.79 Å². The Morgan fingerprint density at radius 2 is 1.94 bits per heavy atom. The Kier molecular flexibility index (Phi) is 4.31. The molecule has 0 saturated carbocycles. The number of hydrogen-bond donors (Lipinski definition) is 0. The van der Waals surface area contributed by atoms with Crippen LogP contribution in [0.5, 0.6) is 0 Å². The molecule has 0 N–H and O–H groups in total. The third-order valence-electron chi connectivity index (χ3n) is 4.92. The molecule has 2 aliphatic heterocycles. The first-order valence-corrected chi connectivity index (χ1v) is 7.54. The van der Waals surface area contributed by atoms with Gasteiger partial charge in [0, 0.05) is 12.3 Å². The van der Waals surface area contributed by atoms with Crippen molar-refractivity contribution < 1.29 is 14.0 Å². The van der Waals surface area contributed by atoms with Crippen molar-refractivity contribution >= 4 is 5.97 Å². The van der Waals surface area contributed by atoms with Gasteiger partial charge in [-0.25, -0.2) is 0 Å². The first kappa shape index (κ1) is 13.9. The highest BCUT2D eigenvalue weighted by atomic mass is 16.5. The topological polar surface area (TPSA) is 26.3 Å². The van der Waals surface area contributed by atoms with E-state index in [9.17, 15) is 4.79 Å². The maximum absolute atomic E-state index is 11.6. The summed E-state index contributed by atoms with van der Waals surface area (Å²) in [5.41, 5.74) is 0. The summed E-state index contributed by atoms with van der Waals surface area (Å²) in [5, 5.41) is 0. The zero-order valence-corrected chi connectivity index (χ0v) is 12.2. The van der Waals surface area contributed by atoms with E-state index in [1.807, 2.05) is 13.8 Å². The Morgan fingerprint density at radius 1 is 1.22 bits per heavy atom. The molecule has 2 fully saturated rings. The monoisotopic (exact) mass is 254 g/mol. The molecular formula is C15H28NO2+. The molecule has 0 unspecified atom stereocenters. The molecule has 0 radical (unpaired) electrons. The van der Waals surface area contributed by atoms with E-state index in [2.05, 4.69) is 7.05 Å². The first-order chi connectivity index (χ1) is 8.53. The van der Waals surface area contributed by atoms with Crippen LogP contribution in [0.1, 0.15) is 46.0 Å². The summed E-state index contributed by atoms with van der Waals surface area (Å²) in [6.07, 6.45) is 6.57. The van der Waals surface area contributed by atoms with Crippen molar-refractivity contribution in [2.45, 2.75) is 52.0 Å². The van der Waals surface area contributed by atoms with Gasteiger partial charge in [0.1, 0.15) is 0 Å². The summed E-state index contributed by atoms with van der Waals surface area (Å²) in [7, 11) is 2.40. The third-order valence-corrected chi connectivity index (χ3v) is 4.92. The van der Waals surface area contributed by atoms with Crippen molar-refractivity contribution in [3.8, 4) is 0 Å². The predicted molar refractivity (Wildman–Crippen MR) is 72.1 cm³/mol. The highest BCUT2D eigenvalue weighted by Gasteiger charge is 2.43. The van der Waals surface area contributed by atoms with Crippen molar-refractivity contribution in [2.75, 3.05) is 26.7 Å². The Labute approximate surface area is 111 Å². The van der Waals surface area contributed by atoms with Crippen LogP contribution in [-0.2, 0) is 9.53 Å². The molecule has 3 heteroatoms. The van der Waals surface area contributed by atoms with Gasteiger partial charge in [0.25, 0.3) is 0 Å². The molecule has 0 spiro atoms. The average molecular weight is 254 g/mol. The minimum Gasteiger partial charge on any atom is -0.465 e. The Bertz CT molecular complexity index is 299. The number of nitrogens with zero attached hydrogens (tertiary/aromatic N) is 1. The summed E-state index contributed by atoms with van der Waals surface area (Å²) in [5.74, 6) is 0.554. The largest absolute Gasteiger partial charge is 0.465 e. The molecule has 2 aliphatic rings. The predicted octanol–water partition coefficient (Wildman–Crippen LogP) is 2.59. The number of esters is 1. The summed E-state index contributed by atoms with van der Waals surface area (Å²) >= 11 is 0. The highest BCUT2D eigenvalue weighted by molar-refractivity contribution is 5.71. The van der Waals surface area contributed by atoms with Gasteiger partial charge < -0.3 is 9.22 Å². The smallest absolute Gasteiger partial charge is 0.308 e. The Balaban J connectivity index is 1.93. The Morgan fingerprint density at radius 3 is 2.67 bits per heavy atom. The number of rotatable bonds is 3. The fourth-order valence-electron chi connectivity index (χ4n) is 3.78. The van der Waals surface area contributed by atoms with Crippen LogP contribution in [0, 0.1) is 11.8 Å². The number of piperidine rings is 2. The molecule has 104 valence electrons. The van der Waals surface area contributed by atoms with E-state index in [0.29, 0.717) is 12.5 Å². The van der Waals surface area contributed by atoms with Crippen LogP contribution >= 0.6 is 0 Å². The van der Waals surface area contributed by atoms with Crippen LogP contribution in [0.2, 0.25) is 0 Å². The lowest BCUT2D eigenvalue weighted by molar-refractivity contribution is -0.947. The summed E-state index contributed by atoms with van der Waals surface area (Å²) < 4.78 is 6.71. The van der Waals surface area contributed by atoms with Crippen molar-refractivity contribution in [2.24, 2.45) is 11.8 Å². The molecule has 2 saturated heterocycles. The number of hydrogen-bond acceptors (Lipinski definition) is 2. The highest BCUT2D eigenvalue weighted by Crippen LogP contribution is 2.36. The van der Waals surface area contributed by atoms with Crippen molar-refractivity contribution in [1.29, 1.82) is 0 Å². The van der Waals surface area contributed by atoms with Crippen LogP contribution in [0.15, 0.2) is 0 Å². The average Bonchev–Trinajstić information content (AvgIpc) is 2.34. The van der Waals surface area contributed by atoms with Gasteiger partial charge in [0.15, 0.2) is 0 Å². The number of carbonyl (C=O) groups excluding carboxylic acids is 1. The van der Waals surface area contributed by atoms with Gasteiger partial charge in [0.2, 0.25) is 0 Å². The summed E-state index contributed by atoms with van der Waals surface area (Å²) in [6.45, 7) is 7.10. The van der Waals surface area contributed by atoms with Gasteiger partial charge in [-0.15, -0.1) is 0 Å². The molecule has 2 heterocycles. The second-order valence-corrected chi connectivity index (χ2v) is 6.68. The first-order valence-electron chi connectivity index (χ1n) is 7.54. The second kappa shape index (κ2) is 5.60. The molecule has 18 heavy (non-hydrogen) atoms. The maximum Gasteiger partial charge on any atom is 0.308 e. The standard InChI is InChI=1S/C15H28NO2/c1-12(2)15(17)18-11-13-7-6-10-16(3)9-5-4-8-14(13)16/h12-14H,4-11H2,1-3H3/q+1/t13-,14+,16-/m0/s1. The summed E-state index contributed by atoms with van der Waals surface area (Å²) in [4.78, 5) is 11.6. The van der Waals surface area contributed by atoms with E-state index >= 15 is 0 Å². The molecule has 3 nitrogen and oxygen atoms in total. The zero-order valence-electron chi connectivity index (χ0n) is 12.2. The Hall–Kier alpha value is -0.570. The van der Waals surface area contributed by atoms with E-state index in [-0.39, 0.29) is 11.9 Å². The van der Waals surface area contributed by atoms with Gasteiger partial charge in [-0.05, 0) is 25.7 Å². The van der Waals surface area contributed by atoms with Gasteiger partial charge >= 0.3 is 5.97 Å². The molecule has 0 aromatic carbocycles. The lowest BCUT2D eigenvalue weighted by Gasteiger charge is -2.51. The molecule has 0 bridgehead atoms. The number of carbonyl (C=O) groups is 1. The lowest BCUT2D eigenvalue weighted by Crippen LogP contribution is -2.61. The molecule has 0 aromatic rings. The molecule has 3 atom stereocenters. The minimum atomic E-state index is -0.0365. The van der Waals surface area contributed by atoms with Gasteiger partial charge in [-0.2, -0.15) is 0 Å². The SMILES string of the molecule is CC(C)C(=O)OC[C@@H]1CCC[N@+]2(C)CCCC[C@H]12. The fraction of sp³-hybridized carbons (Fsp3) is 0.933. The summed E-state index contributed by atoms with van der Waals surface area (Å²) in [6, 6.07) is 0.729. The minimum absolute atomic E-state index is 0.000759. The van der Waals surface area contributed by atoms with E-state index in [1.165, 1.54) is 49.7 Å². The van der Waals surface area contributed by atoms with Crippen LogP contribution in [0.3, 0.4) is 0 Å². The van der Waals surface area contributed by atoms with Crippen molar-refractivity contribution in [3.63, 3.8) is 0 Å². The van der Waals surface area contributed by atoms with Crippen LogP contribution in [-0.4, -0.2) is 43.2 Å². The van der Waals surface area contributed by atoms with E-state index < -0.39 is 0 Å². The molecule has 0 aliphatic carbocycles. The molecule has 0 amide bonds. The molecule has 2 rings (SSSR count). The molecular weight excluding hydrogens is 226 g/mol. The van der Waals surface area contributed by atoms with Crippen LogP contribution in [0.4, 0.5) is 0 Å². The quantitative estimate of drug-likeness (QED) is 0.571. The number of quaternary nitrogens is 1. The maximum atomic E-state index is 11.6. The van der Waals surface area contributed by atoms with Crippen LogP contribution < -0.4 is 0 Å². The lowest BCUT2D eigenvalue weighted by atomic mass is 9.82. The van der Waals surface area contributed by atoms with Gasteiger partial charge in [0.05, 0.1) is 38.7 Å². The number of fused-ring (bicyclic) bond motifs is 1. The van der Waals surface area contributed by atoms with Gasteiger partial charge in [-0.1, -0.05) is 13.8 Å². The van der Waals surface area contributed by atoms with Crippen molar-refractivity contribution in [1.82, 2.24) is 0 Å². The van der Waals surface area contributed by atoms with Crippen LogP contribution in [0.25, 0.3) is 0 Å². The molecule has 0 aromatic heterocycles. The van der Waals surface area contributed by atoms with Crippen molar-refractivity contribution in [3.05, 3.63) is 0 Å².